The maximum absolute atomic E-state index is 10.6. The molecule has 1 aliphatic carbocycles. The number of carboxylic acids is 1. The Labute approximate surface area is 75.1 Å². The zero-order valence-corrected chi connectivity index (χ0v) is 8.17. The van der Waals surface area contributed by atoms with Crippen molar-refractivity contribution < 1.29 is 9.90 Å². The zero-order valence-electron chi connectivity index (χ0n) is 6.59. The third kappa shape index (κ3) is 2.19. The number of rotatable bonds is 1. The second-order valence-corrected chi connectivity index (χ2v) is 4.52. The van der Waals surface area contributed by atoms with Gasteiger partial charge < -0.3 is 5.11 Å². The fraction of sp³-hybridized carbons (Fsp3) is 0.875. The molecule has 0 amide bonds. The van der Waals surface area contributed by atoms with Gasteiger partial charge in [0.2, 0.25) is 0 Å². The third-order valence-electron chi connectivity index (χ3n) is 2.41. The van der Waals surface area contributed by atoms with Crippen molar-refractivity contribution in [3.8, 4) is 0 Å². The third-order valence-corrected chi connectivity index (χ3v) is 3.77. The van der Waals surface area contributed by atoms with Crippen molar-refractivity contribution in [1.82, 2.24) is 0 Å². The minimum absolute atomic E-state index is 0.0983. The molecule has 0 saturated heterocycles. The lowest BCUT2D eigenvalue weighted by Crippen LogP contribution is -2.27. The molecule has 0 aromatic heterocycles. The summed E-state index contributed by atoms with van der Waals surface area (Å²) in [5, 5.41) is 8.73. The van der Waals surface area contributed by atoms with Crippen molar-refractivity contribution in [3.05, 3.63) is 0 Å². The smallest absolute Gasteiger partial charge is 0.306 e. The molecule has 1 saturated carbocycles. The molecule has 0 aliphatic heterocycles. The fourth-order valence-electron chi connectivity index (χ4n) is 1.58. The summed E-state index contributed by atoms with van der Waals surface area (Å²) in [5.74, 6) is -0.222. The number of carboxylic acid groups (broad SMARTS) is 1. The van der Waals surface area contributed by atoms with E-state index in [1.54, 1.807) is 0 Å². The molecule has 0 radical (unpaired) electrons. The number of carbonyl (C=O) groups is 1. The van der Waals surface area contributed by atoms with Gasteiger partial charge in [-0.25, -0.2) is 0 Å². The number of hydrogen-bond acceptors (Lipinski definition) is 1. The van der Waals surface area contributed by atoms with Crippen molar-refractivity contribution in [2.45, 2.75) is 31.0 Å². The lowest BCUT2D eigenvalue weighted by atomic mass is 9.82. The van der Waals surface area contributed by atoms with Crippen LogP contribution in [0.3, 0.4) is 0 Å². The number of halogens is 1. The standard InChI is InChI=1S/C8H13BrO2/c1-5-4-6(8(10)11)2-3-7(5)9/h5-7H,2-4H2,1H3,(H,10,11)/t5?,6-,7-/m0/s1. The molecule has 0 aromatic carbocycles. The van der Waals surface area contributed by atoms with E-state index < -0.39 is 5.97 Å². The van der Waals surface area contributed by atoms with E-state index >= 15 is 0 Å². The monoisotopic (exact) mass is 220 g/mol. The highest BCUT2D eigenvalue weighted by atomic mass is 79.9. The average Bonchev–Trinajstić information content (AvgIpc) is 1.94. The van der Waals surface area contributed by atoms with Gasteiger partial charge >= 0.3 is 5.97 Å². The van der Waals surface area contributed by atoms with Gasteiger partial charge in [0, 0.05) is 4.83 Å². The number of hydrogen-bond donors (Lipinski definition) is 1. The normalized spacial score (nSPS) is 38.5. The summed E-state index contributed by atoms with van der Waals surface area (Å²) in [4.78, 5) is 11.1. The highest BCUT2D eigenvalue weighted by Gasteiger charge is 2.29. The highest BCUT2D eigenvalue weighted by molar-refractivity contribution is 9.09. The second-order valence-electron chi connectivity index (χ2n) is 3.34. The molecule has 64 valence electrons. The Morgan fingerprint density at radius 3 is 2.64 bits per heavy atom. The molecule has 1 aliphatic rings. The van der Waals surface area contributed by atoms with Crippen LogP contribution in [0.1, 0.15) is 26.2 Å². The lowest BCUT2D eigenvalue weighted by Gasteiger charge is -2.28. The maximum atomic E-state index is 10.6. The van der Waals surface area contributed by atoms with Gasteiger partial charge in [-0.3, -0.25) is 4.79 Å². The first-order valence-electron chi connectivity index (χ1n) is 3.98. The van der Waals surface area contributed by atoms with Gasteiger partial charge in [-0.2, -0.15) is 0 Å². The molecule has 1 unspecified atom stereocenters. The highest BCUT2D eigenvalue weighted by Crippen LogP contribution is 2.33. The molecule has 3 atom stereocenters. The van der Waals surface area contributed by atoms with E-state index in [9.17, 15) is 4.79 Å². The molecule has 1 rings (SSSR count). The summed E-state index contributed by atoms with van der Waals surface area (Å²) >= 11 is 3.54. The van der Waals surface area contributed by atoms with Gasteiger partial charge in [-0.05, 0) is 25.2 Å². The van der Waals surface area contributed by atoms with Crippen LogP contribution in [-0.2, 0) is 4.79 Å². The Morgan fingerprint density at radius 2 is 2.18 bits per heavy atom. The van der Waals surface area contributed by atoms with Crippen LogP contribution in [-0.4, -0.2) is 15.9 Å². The molecule has 1 fully saturated rings. The minimum atomic E-state index is -0.628. The predicted molar refractivity (Wildman–Crippen MR) is 46.9 cm³/mol. The largest absolute Gasteiger partial charge is 0.481 e. The van der Waals surface area contributed by atoms with Gasteiger partial charge in [-0.15, -0.1) is 0 Å². The van der Waals surface area contributed by atoms with E-state index in [-0.39, 0.29) is 5.92 Å². The predicted octanol–water partition coefficient (Wildman–Crippen LogP) is 2.27. The van der Waals surface area contributed by atoms with E-state index in [0.29, 0.717) is 10.7 Å². The Morgan fingerprint density at radius 1 is 1.55 bits per heavy atom. The molecule has 3 heteroatoms. The Hall–Kier alpha value is -0.0500. The first-order valence-corrected chi connectivity index (χ1v) is 4.89. The van der Waals surface area contributed by atoms with E-state index in [0.717, 1.165) is 19.3 Å². The number of aliphatic carboxylic acids is 1. The molecule has 11 heavy (non-hydrogen) atoms. The van der Waals surface area contributed by atoms with E-state index in [4.69, 9.17) is 5.11 Å². The zero-order chi connectivity index (χ0) is 8.43. The second kappa shape index (κ2) is 3.57. The van der Waals surface area contributed by atoms with E-state index in [2.05, 4.69) is 22.9 Å². The van der Waals surface area contributed by atoms with Crippen LogP contribution < -0.4 is 0 Å². The quantitative estimate of drug-likeness (QED) is 0.689. The van der Waals surface area contributed by atoms with Crippen molar-refractivity contribution in [3.63, 3.8) is 0 Å². The van der Waals surface area contributed by atoms with Crippen molar-refractivity contribution in [2.75, 3.05) is 0 Å². The van der Waals surface area contributed by atoms with Gasteiger partial charge in [-0.1, -0.05) is 22.9 Å². The van der Waals surface area contributed by atoms with E-state index in [1.165, 1.54) is 0 Å². The van der Waals surface area contributed by atoms with Crippen molar-refractivity contribution in [2.24, 2.45) is 11.8 Å². The maximum Gasteiger partial charge on any atom is 0.306 e. The van der Waals surface area contributed by atoms with Crippen LogP contribution in [0.2, 0.25) is 0 Å². The average molecular weight is 221 g/mol. The SMILES string of the molecule is CC1C[C@@H](C(=O)O)CC[C@@H]1Br. The Balaban J connectivity index is 2.46. The molecule has 1 N–H and O–H groups in total. The van der Waals surface area contributed by atoms with E-state index in [1.807, 2.05) is 0 Å². The van der Waals surface area contributed by atoms with Crippen LogP contribution in [0, 0.1) is 11.8 Å². The molecule has 0 bridgehead atoms. The molecular formula is C8H13BrO2. The first kappa shape index (κ1) is 9.04. The Kier molecular flexibility index (Phi) is 2.93. The molecule has 2 nitrogen and oxygen atoms in total. The summed E-state index contributed by atoms with van der Waals surface area (Å²) in [7, 11) is 0. The van der Waals surface area contributed by atoms with Crippen molar-refractivity contribution in [1.29, 1.82) is 0 Å². The fourth-order valence-corrected chi connectivity index (χ4v) is 2.06. The number of alkyl halides is 1. The lowest BCUT2D eigenvalue weighted by molar-refractivity contribution is -0.143. The van der Waals surface area contributed by atoms with Crippen molar-refractivity contribution >= 4 is 21.9 Å². The van der Waals surface area contributed by atoms with Crippen LogP contribution in [0.25, 0.3) is 0 Å². The summed E-state index contributed by atoms with van der Waals surface area (Å²) in [6, 6.07) is 0. The van der Waals surface area contributed by atoms with Crippen LogP contribution >= 0.6 is 15.9 Å². The summed E-state index contributed by atoms with van der Waals surface area (Å²) in [6.45, 7) is 2.11. The summed E-state index contributed by atoms with van der Waals surface area (Å²) < 4.78 is 0. The topological polar surface area (TPSA) is 37.3 Å². The Bertz CT molecular complexity index is 158. The molecule has 0 aromatic rings. The van der Waals surface area contributed by atoms with Crippen LogP contribution in [0.15, 0.2) is 0 Å². The molecule has 0 heterocycles. The van der Waals surface area contributed by atoms with Gasteiger partial charge in [0.15, 0.2) is 0 Å². The first-order chi connectivity index (χ1) is 5.11. The van der Waals surface area contributed by atoms with Crippen LogP contribution in [0.4, 0.5) is 0 Å². The van der Waals surface area contributed by atoms with Crippen LogP contribution in [0.5, 0.6) is 0 Å². The summed E-state index contributed by atoms with van der Waals surface area (Å²) in [5.41, 5.74) is 0. The minimum Gasteiger partial charge on any atom is -0.481 e. The van der Waals surface area contributed by atoms with Gasteiger partial charge in [0.05, 0.1) is 5.92 Å². The molecular weight excluding hydrogens is 208 g/mol. The molecule has 0 spiro atoms. The van der Waals surface area contributed by atoms with Gasteiger partial charge in [0.25, 0.3) is 0 Å². The van der Waals surface area contributed by atoms with Gasteiger partial charge in [0.1, 0.15) is 0 Å². The summed E-state index contributed by atoms with van der Waals surface area (Å²) in [6.07, 6.45) is 2.65.